The summed E-state index contributed by atoms with van der Waals surface area (Å²) in [4.78, 5) is 6.47. The minimum Gasteiger partial charge on any atom is -0.332 e. The summed E-state index contributed by atoms with van der Waals surface area (Å²) < 4.78 is 0. The van der Waals surface area contributed by atoms with Crippen molar-refractivity contribution in [3.05, 3.63) is 55.6 Å². The van der Waals surface area contributed by atoms with Crippen LogP contribution < -0.4 is 4.90 Å². The Labute approximate surface area is 107 Å². The fourth-order valence-corrected chi connectivity index (χ4v) is 1.67. The van der Waals surface area contributed by atoms with Crippen molar-refractivity contribution in [2.75, 3.05) is 18.0 Å². The number of rotatable bonds is 6. The molecule has 0 saturated carbocycles. The zero-order valence-electron chi connectivity index (χ0n) is 10.2. The molecule has 1 aromatic heterocycles. The van der Waals surface area contributed by atoms with Crippen molar-refractivity contribution in [3.8, 4) is 11.4 Å². The molecule has 0 radical (unpaired) electrons. The summed E-state index contributed by atoms with van der Waals surface area (Å²) in [5.41, 5.74) is 1.02. The maximum absolute atomic E-state index is 4.48. The van der Waals surface area contributed by atoms with Crippen LogP contribution in [-0.2, 0) is 0 Å². The molecule has 4 nitrogen and oxygen atoms in total. The predicted molar refractivity (Wildman–Crippen MR) is 74.4 cm³/mol. The van der Waals surface area contributed by atoms with Gasteiger partial charge in [-0.2, -0.15) is 4.98 Å². The molecule has 0 fully saturated rings. The number of nitrogens with one attached hydrogen (secondary N) is 1. The third-order valence-corrected chi connectivity index (χ3v) is 2.50. The number of hydrogen-bond acceptors (Lipinski definition) is 3. The van der Waals surface area contributed by atoms with Gasteiger partial charge in [-0.1, -0.05) is 42.5 Å². The Hall–Kier alpha value is -2.36. The highest BCUT2D eigenvalue weighted by Gasteiger charge is 2.10. The molecule has 1 aromatic carbocycles. The first-order valence-electron chi connectivity index (χ1n) is 5.79. The molecule has 0 aliphatic rings. The Morgan fingerprint density at radius 3 is 2.39 bits per heavy atom. The Morgan fingerprint density at radius 2 is 1.78 bits per heavy atom. The summed E-state index contributed by atoms with van der Waals surface area (Å²) in [5.74, 6) is 1.43. The molecule has 2 aromatic rings. The van der Waals surface area contributed by atoms with Crippen molar-refractivity contribution in [2.24, 2.45) is 0 Å². The number of H-pyrrole nitrogens is 1. The number of aromatic nitrogens is 3. The molecule has 0 bridgehead atoms. The number of nitrogens with zero attached hydrogens (tertiary/aromatic N) is 3. The van der Waals surface area contributed by atoms with Gasteiger partial charge in [0.15, 0.2) is 5.82 Å². The maximum Gasteiger partial charge on any atom is 0.245 e. The van der Waals surface area contributed by atoms with E-state index in [2.05, 4.69) is 28.3 Å². The SMILES string of the molecule is C=CCN(CC=C)c1n[nH]c(-c2ccccc2)n1. The van der Waals surface area contributed by atoms with E-state index in [9.17, 15) is 0 Å². The summed E-state index contributed by atoms with van der Waals surface area (Å²) in [6.07, 6.45) is 3.64. The van der Waals surface area contributed by atoms with Crippen molar-refractivity contribution >= 4 is 5.95 Å². The summed E-state index contributed by atoms with van der Waals surface area (Å²) >= 11 is 0. The van der Waals surface area contributed by atoms with Crippen LogP contribution in [0.1, 0.15) is 0 Å². The van der Waals surface area contributed by atoms with Gasteiger partial charge >= 0.3 is 0 Å². The van der Waals surface area contributed by atoms with Crippen LogP contribution in [0.15, 0.2) is 55.6 Å². The first kappa shape index (κ1) is 12.1. The summed E-state index contributed by atoms with van der Waals surface area (Å²) in [6, 6.07) is 9.92. The fraction of sp³-hybridized carbons (Fsp3) is 0.143. The Bertz CT molecular complexity index is 506. The van der Waals surface area contributed by atoms with Crippen LogP contribution in [0.3, 0.4) is 0 Å². The normalized spacial score (nSPS) is 10.0. The lowest BCUT2D eigenvalue weighted by molar-refractivity contribution is 0.894. The molecule has 0 aliphatic carbocycles. The predicted octanol–water partition coefficient (Wildman–Crippen LogP) is 2.65. The van der Waals surface area contributed by atoms with E-state index in [1.54, 1.807) is 0 Å². The van der Waals surface area contributed by atoms with Crippen LogP contribution in [0.2, 0.25) is 0 Å². The quantitative estimate of drug-likeness (QED) is 0.789. The Balaban J connectivity index is 2.23. The Kier molecular flexibility index (Phi) is 3.91. The van der Waals surface area contributed by atoms with E-state index in [1.165, 1.54) is 0 Å². The smallest absolute Gasteiger partial charge is 0.245 e. The average molecular weight is 240 g/mol. The van der Waals surface area contributed by atoms with Crippen LogP contribution in [-0.4, -0.2) is 28.3 Å². The summed E-state index contributed by atoms with van der Waals surface area (Å²) in [7, 11) is 0. The van der Waals surface area contributed by atoms with Gasteiger partial charge in [0.1, 0.15) is 0 Å². The molecular weight excluding hydrogens is 224 g/mol. The topological polar surface area (TPSA) is 44.8 Å². The van der Waals surface area contributed by atoms with Gasteiger partial charge in [0.25, 0.3) is 0 Å². The van der Waals surface area contributed by atoms with E-state index in [-0.39, 0.29) is 0 Å². The third kappa shape index (κ3) is 2.66. The molecule has 4 heteroatoms. The molecule has 1 N–H and O–H groups in total. The molecular formula is C14H16N4. The van der Waals surface area contributed by atoms with Gasteiger partial charge < -0.3 is 4.90 Å². The minimum absolute atomic E-state index is 0.661. The van der Waals surface area contributed by atoms with E-state index in [0.717, 1.165) is 11.4 Å². The van der Waals surface area contributed by atoms with Crippen molar-refractivity contribution in [3.63, 3.8) is 0 Å². The van der Waals surface area contributed by atoms with Crippen LogP contribution >= 0.6 is 0 Å². The van der Waals surface area contributed by atoms with Crippen LogP contribution in [0, 0.1) is 0 Å². The number of hydrogen-bond donors (Lipinski definition) is 1. The lowest BCUT2D eigenvalue weighted by atomic mass is 10.2. The van der Waals surface area contributed by atoms with Gasteiger partial charge in [-0.3, -0.25) is 5.10 Å². The maximum atomic E-state index is 4.48. The van der Waals surface area contributed by atoms with Crippen molar-refractivity contribution < 1.29 is 0 Å². The minimum atomic E-state index is 0.661. The molecule has 0 unspecified atom stereocenters. The molecule has 0 saturated heterocycles. The largest absolute Gasteiger partial charge is 0.332 e. The summed E-state index contributed by atoms with van der Waals surface area (Å²) in [5, 5.41) is 7.17. The number of benzene rings is 1. The number of aromatic amines is 1. The third-order valence-electron chi connectivity index (χ3n) is 2.50. The van der Waals surface area contributed by atoms with Gasteiger partial charge in [-0.15, -0.1) is 18.3 Å². The van der Waals surface area contributed by atoms with E-state index >= 15 is 0 Å². The van der Waals surface area contributed by atoms with Crippen LogP contribution in [0.5, 0.6) is 0 Å². The van der Waals surface area contributed by atoms with Gasteiger partial charge in [-0.05, 0) is 0 Å². The first-order chi connectivity index (χ1) is 8.85. The average Bonchev–Trinajstić information content (AvgIpc) is 2.89. The highest BCUT2D eigenvalue weighted by atomic mass is 15.4. The fourth-order valence-electron chi connectivity index (χ4n) is 1.67. The molecule has 1 heterocycles. The van der Waals surface area contributed by atoms with Crippen molar-refractivity contribution in [1.29, 1.82) is 0 Å². The van der Waals surface area contributed by atoms with Crippen LogP contribution in [0.4, 0.5) is 5.95 Å². The lowest BCUT2D eigenvalue weighted by Crippen LogP contribution is -2.24. The molecule has 2 rings (SSSR count). The second-order valence-electron chi connectivity index (χ2n) is 3.83. The molecule has 0 atom stereocenters. The first-order valence-corrected chi connectivity index (χ1v) is 5.79. The zero-order chi connectivity index (χ0) is 12.8. The second-order valence-corrected chi connectivity index (χ2v) is 3.83. The van der Waals surface area contributed by atoms with E-state index < -0.39 is 0 Å². The van der Waals surface area contributed by atoms with Gasteiger partial charge in [0.2, 0.25) is 5.95 Å². The number of anilines is 1. The molecule has 92 valence electrons. The molecule has 0 spiro atoms. The second kappa shape index (κ2) is 5.82. The Morgan fingerprint density at radius 1 is 1.11 bits per heavy atom. The molecule has 0 aliphatic heterocycles. The van der Waals surface area contributed by atoms with Crippen molar-refractivity contribution in [1.82, 2.24) is 15.2 Å². The van der Waals surface area contributed by atoms with E-state index in [4.69, 9.17) is 0 Å². The molecule has 18 heavy (non-hydrogen) atoms. The lowest BCUT2D eigenvalue weighted by Gasteiger charge is -2.16. The highest BCUT2D eigenvalue weighted by Crippen LogP contribution is 2.16. The summed E-state index contributed by atoms with van der Waals surface area (Å²) in [6.45, 7) is 8.85. The monoisotopic (exact) mass is 240 g/mol. The van der Waals surface area contributed by atoms with Crippen LogP contribution in [0.25, 0.3) is 11.4 Å². The standard InChI is InChI=1S/C14H16N4/c1-3-10-18(11-4-2)14-15-13(16-17-14)12-8-6-5-7-9-12/h3-9H,1-2,10-11H2,(H,15,16,17). The highest BCUT2D eigenvalue weighted by molar-refractivity contribution is 5.56. The van der Waals surface area contributed by atoms with E-state index in [1.807, 2.05) is 47.4 Å². The van der Waals surface area contributed by atoms with Crippen molar-refractivity contribution in [2.45, 2.75) is 0 Å². The molecule has 0 amide bonds. The van der Waals surface area contributed by atoms with Gasteiger partial charge in [0.05, 0.1) is 0 Å². The van der Waals surface area contributed by atoms with Gasteiger partial charge in [-0.25, -0.2) is 0 Å². The van der Waals surface area contributed by atoms with E-state index in [0.29, 0.717) is 19.0 Å². The van der Waals surface area contributed by atoms with Gasteiger partial charge in [0, 0.05) is 18.7 Å². The zero-order valence-corrected chi connectivity index (χ0v) is 10.2.